The Hall–Kier alpha value is -1.56. The minimum atomic E-state index is -2.11. The number of hydroxylamine groups is 1. The summed E-state index contributed by atoms with van der Waals surface area (Å²) in [5.41, 5.74) is 7.38. The smallest absolute Gasteiger partial charge is 0.199 e. The lowest BCUT2D eigenvalue weighted by Crippen LogP contribution is -2.24. The number of anilines is 1. The van der Waals surface area contributed by atoms with Crippen molar-refractivity contribution in [3.8, 4) is 0 Å². The molecule has 1 rings (SSSR count). The zero-order chi connectivity index (χ0) is 13.4. The summed E-state index contributed by atoms with van der Waals surface area (Å²) >= 11 is -2.11. The van der Waals surface area contributed by atoms with E-state index in [-0.39, 0.29) is 23.2 Å². The summed E-state index contributed by atoms with van der Waals surface area (Å²) in [7, 11) is 0. The molecular weight excluding hydrogens is 264 g/mol. The van der Waals surface area contributed by atoms with E-state index in [0.29, 0.717) is 19.5 Å². The molecule has 0 aliphatic rings. The predicted molar refractivity (Wildman–Crippen MR) is 61.4 cm³/mol. The monoisotopic (exact) mass is 277 g/mol. The Kier molecular flexibility index (Phi) is 6.21. The summed E-state index contributed by atoms with van der Waals surface area (Å²) in [6.07, 6.45) is 0.577. The van der Waals surface area contributed by atoms with Gasteiger partial charge in [-0.2, -0.15) is 0 Å². The van der Waals surface area contributed by atoms with Crippen LogP contribution in [0.4, 0.5) is 5.82 Å². The lowest BCUT2D eigenvalue weighted by Gasteiger charge is -2.06. The number of nitrogen functional groups attached to an aromatic ring is 1. The van der Waals surface area contributed by atoms with Crippen LogP contribution in [0.3, 0.4) is 0 Å². The molecule has 0 amide bonds. The molecule has 1 unspecified atom stereocenters. The average molecular weight is 277 g/mol. The van der Waals surface area contributed by atoms with Crippen LogP contribution in [0.2, 0.25) is 0 Å². The van der Waals surface area contributed by atoms with Crippen LogP contribution in [-0.4, -0.2) is 49.1 Å². The third-order valence-electron chi connectivity index (χ3n) is 1.85. The zero-order valence-electron chi connectivity index (χ0n) is 9.33. The summed E-state index contributed by atoms with van der Waals surface area (Å²) in [6.45, 7) is 0.816. The number of hydrogen-bond donors (Lipinski definition) is 4. The van der Waals surface area contributed by atoms with Gasteiger partial charge in [0.25, 0.3) is 0 Å². The maximum atomic E-state index is 10.2. The SMILES string of the molecule is Nc1nonc1C(=NCCCNCS(=O)[O-])NO. The molecule has 0 spiro atoms. The van der Waals surface area contributed by atoms with E-state index in [1.807, 2.05) is 5.48 Å². The number of nitrogens with one attached hydrogen (secondary N) is 2. The van der Waals surface area contributed by atoms with Gasteiger partial charge in [-0.1, -0.05) is 0 Å². The molecule has 0 aliphatic carbocycles. The fourth-order valence-electron chi connectivity index (χ4n) is 1.07. The minimum absolute atomic E-state index is 0.00942. The Morgan fingerprint density at radius 1 is 1.61 bits per heavy atom. The van der Waals surface area contributed by atoms with Gasteiger partial charge < -0.3 is 15.6 Å². The van der Waals surface area contributed by atoms with Crippen molar-refractivity contribution in [2.24, 2.45) is 4.99 Å². The van der Waals surface area contributed by atoms with Gasteiger partial charge in [-0.05, 0) is 34.4 Å². The Labute approximate surface area is 105 Å². The first-order valence-electron chi connectivity index (χ1n) is 4.94. The highest BCUT2D eigenvalue weighted by Gasteiger charge is 2.12. The van der Waals surface area contributed by atoms with Crippen molar-refractivity contribution in [3.05, 3.63) is 5.69 Å². The third kappa shape index (κ3) is 4.75. The zero-order valence-corrected chi connectivity index (χ0v) is 10.1. The van der Waals surface area contributed by atoms with Crippen LogP contribution in [0.15, 0.2) is 9.62 Å². The number of hydrogen-bond acceptors (Lipinski definition) is 9. The van der Waals surface area contributed by atoms with E-state index in [9.17, 15) is 8.76 Å². The normalized spacial score (nSPS) is 13.6. The largest absolute Gasteiger partial charge is 0.771 e. The van der Waals surface area contributed by atoms with E-state index in [2.05, 4.69) is 25.3 Å². The van der Waals surface area contributed by atoms with Gasteiger partial charge in [-0.15, -0.1) is 0 Å². The number of rotatable bonds is 7. The molecule has 10 nitrogen and oxygen atoms in total. The molecular formula is C7H13N6O4S-. The highest BCUT2D eigenvalue weighted by Crippen LogP contribution is 2.04. The molecule has 1 aromatic heterocycles. The van der Waals surface area contributed by atoms with Gasteiger partial charge in [-0.3, -0.25) is 19.9 Å². The van der Waals surface area contributed by atoms with E-state index < -0.39 is 11.1 Å². The fraction of sp³-hybridized carbons (Fsp3) is 0.571. The Bertz CT molecular complexity index is 422. The maximum absolute atomic E-state index is 10.2. The molecule has 0 aliphatic heterocycles. The van der Waals surface area contributed by atoms with E-state index >= 15 is 0 Å². The quantitative estimate of drug-likeness (QED) is 0.148. The van der Waals surface area contributed by atoms with Crippen LogP contribution >= 0.6 is 0 Å². The van der Waals surface area contributed by atoms with Gasteiger partial charge in [-0.25, -0.2) is 4.63 Å². The van der Waals surface area contributed by atoms with Crippen molar-refractivity contribution < 1.29 is 18.6 Å². The van der Waals surface area contributed by atoms with Crippen molar-refractivity contribution in [1.82, 2.24) is 21.1 Å². The van der Waals surface area contributed by atoms with Crippen LogP contribution in [0.1, 0.15) is 12.1 Å². The van der Waals surface area contributed by atoms with Gasteiger partial charge in [0.15, 0.2) is 17.3 Å². The average Bonchev–Trinajstić information content (AvgIpc) is 2.74. The molecule has 1 heterocycles. The molecule has 0 radical (unpaired) electrons. The Morgan fingerprint density at radius 2 is 2.39 bits per heavy atom. The Balaban J connectivity index is 2.36. The highest BCUT2D eigenvalue weighted by atomic mass is 32.2. The van der Waals surface area contributed by atoms with Gasteiger partial charge >= 0.3 is 0 Å². The lowest BCUT2D eigenvalue weighted by molar-refractivity contribution is 0.233. The van der Waals surface area contributed by atoms with Crippen molar-refractivity contribution in [1.29, 1.82) is 0 Å². The molecule has 0 fully saturated rings. The molecule has 1 aromatic rings. The molecule has 11 heteroatoms. The minimum Gasteiger partial charge on any atom is -0.771 e. The second-order valence-electron chi connectivity index (χ2n) is 3.14. The van der Waals surface area contributed by atoms with Crippen molar-refractivity contribution in [2.45, 2.75) is 6.42 Å². The molecule has 1 atom stereocenters. The van der Waals surface area contributed by atoms with E-state index in [1.165, 1.54) is 0 Å². The first-order chi connectivity index (χ1) is 8.65. The highest BCUT2D eigenvalue weighted by molar-refractivity contribution is 7.79. The number of aliphatic imine (C=N–C) groups is 1. The second kappa shape index (κ2) is 7.71. The van der Waals surface area contributed by atoms with E-state index in [0.717, 1.165) is 0 Å². The van der Waals surface area contributed by atoms with Crippen LogP contribution in [0.25, 0.3) is 0 Å². The first kappa shape index (κ1) is 14.5. The second-order valence-corrected chi connectivity index (χ2v) is 4.04. The van der Waals surface area contributed by atoms with Crippen LogP contribution < -0.4 is 16.5 Å². The maximum Gasteiger partial charge on any atom is 0.199 e. The summed E-state index contributed by atoms with van der Waals surface area (Å²) in [5, 5.41) is 18.3. The summed E-state index contributed by atoms with van der Waals surface area (Å²) in [5.74, 6) is -0.0501. The van der Waals surface area contributed by atoms with Crippen molar-refractivity contribution in [3.63, 3.8) is 0 Å². The van der Waals surface area contributed by atoms with Gasteiger partial charge in [0.2, 0.25) is 0 Å². The number of nitrogens with two attached hydrogens (primary N) is 1. The van der Waals surface area contributed by atoms with Crippen molar-refractivity contribution >= 4 is 22.7 Å². The van der Waals surface area contributed by atoms with Crippen LogP contribution in [0, 0.1) is 0 Å². The topological polar surface area (TPSA) is 162 Å². The number of amidine groups is 1. The van der Waals surface area contributed by atoms with Gasteiger partial charge in [0.05, 0.1) is 5.88 Å². The van der Waals surface area contributed by atoms with E-state index in [1.54, 1.807) is 0 Å². The van der Waals surface area contributed by atoms with Gasteiger partial charge in [0, 0.05) is 6.54 Å². The standard InChI is InChI=1S/C7H14N6O4S/c8-6-5(12-17-13-6)7(11-14)10-3-1-2-9-4-18(15)16/h9,14H,1-4H2,(H2,8,13)(H,10,11)(H,15,16)/p-1. The molecule has 18 heavy (non-hydrogen) atoms. The van der Waals surface area contributed by atoms with Crippen LogP contribution in [-0.2, 0) is 11.1 Å². The molecule has 0 saturated heterocycles. The summed E-state index contributed by atoms with van der Waals surface area (Å²) in [4.78, 5) is 3.98. The third-order valence-corrected chi connectivity index (χ3v) is 2.29. The van der Waals surface area contributed by atoms with E-state index in [4.69, 9.17) is 10.9 Å². The molecule has 5 N–H and O–H groups in total. The molecule has 0 bridgehead atoms. The number of nitrogens with zero attached hydrogens (tertiary/aromatic N) is 3. The van der Waals surface area contributed by atoms with Gasteiger partial charge in [0.1, 0.15) is 0 Å². The summed E-state index contributed by atoms with van der Waals surface area (Å²) in [6, 6.07) is 0. The van der Waals surface area contributed by atoms with Crippen LogP contribution in [0.5, 0.6) is 0 Å². The van der Waals surface area contributed by atoms with Crippen molar-refractivity contribution in [2.75, 3.05) is 24.7 Å². The predicted octanol–water partition coefficient (Wildman–Crippen LogP) is -1.81. The molecule has 0 saturated carbocycles. The lowest BCUT2D eigenvalue weighted by atomic mass is 10.4. The Morgan fingerprint density at radius 3 is 2.94 bits per heavy atom. The first-order valence-corrected chi connectivity index (χ1v) is 6.19. The number of aromatic nitrogens is 2. The molecule has 0 aromatic carbocycles. The molecule has 102 valence electrons. The summed E-state index contributed by atoms with van der Waals surface area (Å²) < 4.78 is 24.8. The fourth-order valence-corrected chi connectivity index (χ4v) is 1.38.